The summed E-state index contributed by atoms with van der Waals surface area (Å²) in [5, 5.41) is 3.34. The minimum atomic E-state index is 0.430. The largest absolute Gasteiger partial charge is 0.389 e. The molecule has 0 aliphatic rings. The van der Waals surface area contributed by atoms with E-state index in [1.807, 2.05) is 24.5 Å². The van der Waals surface area contributed by atoms with Gasteiger partial charge in [-0.2, -0.15) is 0 Å². The summed E-state index contributed by atoms with van der Waals surface area (Å²) in [6, 6.07) is 6.04. The van der Waals surface area contributed by atoms with Crippen LogP contribution in [0.15, 0.2) is 23.1 Å². The van der Waals surface area contributed by atoms with Crippen molar-refractivity contribution in [2.75, 3.05) is 31.3 Å². The van der Waals surface area contributed by atoms with E-state index in [0.717, 1.165) is 42.1 Å². The second-order valence-corrected chi connectivity index (χ2v) is 5.43. The Kier molecular flexibility index (Phi) is 7.86. The Morgan fingerprint density at radius 2 is 2.21 bits per heavy atom. The predicted molar refractivity (Wildman–Crippen MR) is 88.3 cm³/mol. The summed E-state index contributed by atoms with van der Waals surface area (Å²) >= 11 is 6.78. The Hall–Kier alpha value is -0.780. The summed E-state index contributed by atoms with van der Waals surface area (Å²) in [6.07, 6.45) is 4.30. The van der Waals surface area contributed by atoms with Crippen molar-refractivity contribution in [1.29, 1.82) is 0 Å². The van der Waals surface area contributed by atoms with Gasteiger partial charge < -0.3 is 15.8 Å². The fourth-order valence-corrected chi connectivity index (χ4v) is 2.63. The molecule has 0 aliphatic heterocycles. The van der Waals surface area contributed by atoms with Crippen LogP contribution in [-0.4, -0.2) is 31.0 Å². The molecule has 106 valence electrons. The predicted octanol–water partition coefficient (Wildman–Crippen LogP) is 3.27. The number of hydrogen-bond acceptors (Lipinski definition) is 4. The van der Waals surface area contributed by atoms with Crippen LogP contribution in [-0.2, 0) is 4.74 Å². The zero-order valence-electron chi connectivity index (χ0n) is 11.6. The maximum atomic E-state index is 5.81. The van der Waals surface area contributed by atoms with Gasteiger partial charge in [0, 0.05) is 29.3 Å². The molecule has 0 spiro atoms. The zero-order chi connectivity index (χ0) is 14.1. The van der Waals surface area contributed by atoms with Crippen molar-refractivity contribution in [3.05, 3.63) is 23.8 Å². The van der Waals surface area contributed by atoms with Crippen molar-refractivity contribution in [2.45, 2.75) is 24.7 Å². The normalized spacial score (nSPS) is 10.4. The van der Waals surface area contributed by atoms with Crippen molar-refractivity contribution in [1.82, 2.24) is 0 Å². The third-order valence-corrected chi connectivity index (χ3v) is 3.68. The van der Waals surface area contributed by atoms with Crippen molar-refractivity contribution in [2.24, 2.45) is 5.73 Å². The highest BCUT2D eigenvalue weighted by molar-refractivity contribution is 7.98. The first-order chi connectivity index (χ1) is 9.20. The highest BCUT2D eigenvalue weighted by atomic mass is 32.2. The highest BCUT2D eigenvalue weighted by Crippen LogP contribution is 2.26. The van der Waals surface area contributed by atoms with Gasteiger partial charge in [-0.05, 0) is 24.8 Å². The fourth-order valence-electron chi connectivity index (χ4n) is 1.71. The van der Waals surface area contributed by atoms with Gasteiger partial charge in [-0.25, -0.2) is 0 Å². The molecule has 1 aromatic carbocycles. The third-order valence-electron chi connectivity index (χ3n) is 2.70. The van der Waals surface area contributed by atoms with Crippen LogP contribution in [0.25, 0.3) is 0 Å². The number of hydrogen-bond donors (Lipinski definition) is 2. The number of ether oxygens (including phenoxy) is 1. The fraction of sp³-hybridized carbons (Fsp3) is 0.500. The molecule has 0 bridgehead atoms. The van der Waals surface area contributed by atoms with E-state index in [0.29, 0.717) is 11.6 Å². The van der Waals surface area contributed by atoms with Gasteiger partial charge in [-0.3, -0.25) is 0 Å². The number of benzene rings is 1. The maximum absolute atomic E-state index is 5.81. The van der Waals surface area contributed by atoms with Gasteiger partial charge in [0.15, 0.2) is 0 Å². The van der Waals surface area contributed by atoms with Gasteiger partial charge >= 0.3 is 0 Å². The van der Waals surface area contributed by atoms with Crippen LogP contribution in [0.5, 0.6) is 0 Å². The second-order valence-electron chi connectivity index (χ2n) is 4.14. The SMILES string of the molecule is CCCCOCCNc1cccc(SC)c1C(N)=S. The summed E-state index contributed by atoms with van der Waals surface area (Å²) < 4.78 is 5.52. The summed E-state index contributed by atoms with van der Waals surface area (Å²) in [5.41, 5.74) is 7.72. The van der Waals surface area contributed by atoms with Crippen LogP contribution in [0.1, 0.15) is 25.3 Å². The van der Waals surface area contributed by atoms with E-state index in [2.05, 4.69) is 12.2 Å². The molecule has 0 saturated carbocycles. The number of thioether (sulfide) groups is 1. The molecule has 0 heterocycles. The first kappa shape index (κ1) is 16.3. The Morgan fingerprint density at radius 3 is 2.84 bits per heavy atom. The number of thiocarbonyl (C=S) groups is 1. The molecule has 1 aromatic rings. The van der Waals surface area contributed by atoms with Crippen LogP contribution < -0.4 is 11.1 Å². The van der Waals surface area contributed by atoms with Gasteiger partial charge in [0.2, 0.25) is 0 Å². The van der Waals surface area contributed by atoms with Crippen molar-refractivity contribution < 1.29 is 4.74 Å². The molecule has 0 fully saturated rings. The van der Waals surface area contributed by atoms with Gasteiger partial charge in [0.1, 0.15) is 4.99 Å². The quantitative estimate of drug-likeness (QED) is 0.416. The van der Waals surface area contributed by atoms with E-state index in [1.54, 1.807) is 11.8 Å². The summed E-state index contributed by atoms with van der Waals surface area (Å²) in [5.74, 6) is 0. The molecule has 0 aliphatic carbocycles. The average Bonchev–Trinajstić information content (AvgIpc) is 2.42. The van der Waals surface area contributed by atoms with Crippen LogP contribution in [0.3, 0.4) is 0 Å². The summed E-state index contributed by atoms with van der Waals surface area (Å²) in [4.78, 5) is 1.53. The molecule has 5 heteroatoms. The Labute approximate surface area is 125 Å². The van der Waals surface area contributed by atoms with E-state index in [1.165, 1.54) is 0 Å². The lowest BCUT2D eigenvalue weighted by Crippen LogP contribution is -2.17. The summed E-state index contributed by atoms with van der Waals surface area (Å²) in [6.45, 7) is 4.44. The Balaban J connectivity index is 2.55. The van der Waals surface area contributed by atoms with Crippen LogP contribution >= 0.6 is 24.0 Å². The van der Waals surface area contributed by atoms with E-state index in [4.69, 9.17) is 22.7 Å². The lowest BCUT2D eigenvalue weighted by molar-refractivity contribution is 0.141. The first-order valence-corrected chi connectivity index (χ1v) is 8.12. The topological polar surface area (TPSA) is 47.3 Å². The number of rotatable bonds is 9. The maximum Gasteiger partial charge on any atom is 0.107 e. The Bertz CT molecular complexity index is 410. The minimum absolute atomic E-state index is 0.430. The van der Waals surface area contributed by atoms with Crippen molar-refractivity contribution in [3.8, 4) is 0 Å². The van der Waals surface area contributed by atoms with E-state index >= 15 is 0 Å². The van der Waals surface area contributed by atoms with Crippen LogP contribution in [0.2, 0.25) is 0 Å². The first-order valence-electron chi connectivity index (χ1n) is 6.49. The van der Waals surface area contributed by atoms with Crippen LogP contribution in [0.4, 0.5) is 5.69 Å². The lowest BCUT2D eigenvalue weighted by atomic mass is 10.1. The standard InChI is InChI=1S/C14H22N2OS2/c1-3-4-9-17-10-8-16-11-6-5-7-12(19-2)13(11)14(15)18/h5-7,16H,3-4,8-10H2,1-2H3,(H2,15,18). The molecule has 0 radical (unpaired) electrons. The molecule has 3 nitrogen and oxygen atoms in total. The van der Waals surface area contributed by atoms with Gasteiger partial charge in [0.25, 0.3) is 0 Å². The van der Waals surface area contributed by atoms with E-state index in [9.17, 15) is 0 Å². The number of nitrogens with one attached hydrogen (secondary N) is 1. The van der Waals surface area contributed by atoms with Gasteiger partial charge in [-0.15, -0.1) is 11.8 Å². The summed E-state index contributed by atoms with van der Waals surface area (Å²) in [7, 11) is 0. The number of anilines is 1. The molecule has 0 atom stereocenters. The van der Waals surface area contributed by atoms with Crippen LogP contribution in [0, 0.1) is 0 Å². The van der Waals surface area contributed by atoms with E-state index in [-0.39, 0.29) is 0 Å². The van der Waals surface area contributed by atoms with E-state index < -0.39 is 0 Å². The van der Waals surface area contributed by atoms with Gasteiger partial charge in [-0.1, -0.05) is 31.6 Å². The molecule has 0 amide bonds. The molecule has 1 rings (SSSR count). The molecular weight excluding hydrogens is 276 g/mol. The molecule has 19 heavy (non-hydrogen) atoms. The zero-order valence-corrected chi connectivity index (χ0v) is 13.2. The lowest BCUT2D eigenvalue weighted by Gasteiger charge is -2.14. The second kappa shape index (κ2) is 9.18. The Morgan fingerprint density at radius 1 is 1.42 bits per heavy atom. The highest BCUT2D eigenvalue weighted by Gasteiger charge is 2.09. The minimum Gasteiger partial charge on any atom is -0.389 e. The molecular formula is C14H22N2OS2. The van der Waals surface area contributed by atoms with Crippen molar-refractivity contribution >= 4 is 34.7 Å². The number of nitrogens with two attached hydrogens (primary N) is 1. The smallest absolute Gasteiger partial charge is 0.107 e. The van der Waals surface area contributed by atoms with Gasteiger partial charge in [0.05, 0.1) is 6.61 Å². The third kappa shape index (κ3) is 5.38. The molecule has 0 unspecified atom stereocenters. The molecule has 3 N–H and O–H groups in total. The molecule has 0 aromatic heterocycles. The average molecular weight is 298 g/mol. The van der Waals surface area contributed by atoms with Crippen molar-refractivity contribution in [3.63, 3.8) is 0 Å². The number of unbranched alkanes of at least 4 members (excludes halogenated alkanes) is 1. The molecule has 0 saturated heterocycles. The monoisotopic (exact) mass is 298 g/mol.